The number of rotatable bonds is 3. The Morgan fingerprint density at radius 3 is 2.75 bits per heavy atom. The number of fused-ring (bicyclic) bond motifs is 1. The van der Waals surface area contributed by atoms with Crippen LogP contribution in [0.2, 0.25) is 0 Å². The number of nitrogens with zero attached hydrogens (tertiary/aromatic N) is 1. The van der Waals surface area contributed by atoms with Gasteiger partial charge in [0.1, 0.15) is 5.65 Å². The Morgan fingerprint density at radius 2 is 2.00 bits per heavy atom. The van der Waals surface area contributed by atoms with Crippen molar-refractivity contribution in [1.82, 2.24) is 9.97 Å². The lowest BCUT2D eigenvalue weighted by Gasteiger charge is -2.01. The predicted molar refractivity (Wildman–Crippen MR) is 80.7 cm³/mol. The number of hydrogen-bond acceptors (Lipinski definition) is 2. The summed E-state index contributed by atoms with van der Waals surface area (Å²) >= 11 is 0. The Balaban J connectivity index is 2.15. The average molecular weight is 262 g/mol. The minimum absolute atomic E-state index is 0.00855. The first kappa shape index (κ1) is 12.4. The Kier molecular flexibility index (Phi) is 3.17. The van der Waals surface area contributed by atoms with Gasteiger partial charge in [0.05, 0.1) is 0 Å². The van der Waals surface area contributed by atoms with Gasteiger partial charge in [0.15, 0.2) is 5.78 Å². The third-order valence-corrected chi connectivity index (χ3v) is 3.22. The van der Waals surface area contributed by atoms with E-state index in [2.05, 4.69) is 9.97 Å². The number of ketones is 1. The molecule has 0 atom stereocenters. The van der Waals surface area contributed by atoms with Gasteiger partial charge in [-0.25, -0.2) is 4.98 Å². The van der Waals surface area contributed by atoms with E-state index in [4.69, 9.17) is 0 Å². The monoisotopic (exact) mass is 262 g/mol. The van der Waals surface area contributed by atoms with Crippen LogP contribution in [0.5, 0.6) is 0 Å². The van der Waals surface area contributed by atoms with Gasteiger partial charge in [-0.1, -0.05) is 36.4 Å². The molecule has 3 rings (SSSR count). The molecule has 3 aromatic rings. The van der Waals surface area contributed by atoms with Crippen LogP contribution in [0.1, 0.15) is 17.3 Å². The summed E-state index contributed by atoms with van der Waals surface area (Å²) < 4.78 is 0. The first-order valence-electron chi connectivity index (χ1n) is 6.49. The molecule has 0 spiro atoms. The van der Waals surface area contributed by atoms with Gasteiger partial charge in [-0.15, -0.1) is 0 Å². The first-order valence-corrected chi connectivity index (χ1v) is 6.49. The maximum absolute atomic E-state index is 12.0. The third-order valence-electron chi connectivity index (χ3n) is 3.22. The summed E-state index contributed by atoms with van der Waals surface area (Å²) in [5.41, 5.74) is 3.49. The molecule has 3 nitrogen and oxygen atoms in total. The molecule has 0 aliphatic rings. The average Bonchev–Trinajstić information content (AvgIpc) is 2.91. The highest BCUT2D eigenvalue weighted by Crippen LogP contribution is 2.24. The molecule has 0 aliphatic carbocycles. The molecule has 0 unspecified atom stereocenters. The Morgan fingerprint density at radius 1 is 1.20 bits per heavy atom. The lowest BCUT2D eigenvalue weighted by atomic mass is 10.0. The molecule has 2 heterocycles. The summed E-state index contributed by atoms with van der Waals surface area (Å²) in [4.78, 5) is 19.5. The van der Waals surface area contributed by atoms with Crippen LogP contribution in [-0.2, 0) is 0 Å². The van der Waals surface area contributed by atoms with E-state index in [0.29, 0.717) is 5.56 Å². The van der Waals surface area contributed by atoms with Crippen LogP contribution in [-0.4, -0.2) is 15.8 Å². The van der Waals surface area contributed by atoms with Crippen LogP contribution < -0.4 is 0 Å². The van der Waals surface area contributed by atoms with Crippen molar-refractivity contribution < 1.29 is 4.79 Å². The van der Waals surface area contributed by atoms with E-state index in [0.717, 1.165) is 22.2 Å². The van der Waals surface area contributed by atoms with Crippen molar-refractivity contribution in [2.24, 2.45) is 0 Å². The zero-order chi connectivity index (χ0) is 13.9. The molecule has 0 saturated heterocycles. The molecular weight excluding hydrogens is 248 g/mol. The second kappa shape index (κ2) is 5.13. The van der Waals surface area contributed by atoms with E-state index in [1.165, 1.54) is 0 Å². The molecular formula is C17H14N2O. The van der Waals surface area contributed by atoms with Crippen LogP contribution in [0.4, 0.5) is 0 Å². The summed E-state index contributed by atoms with van der Waals surface area (Å²) in [7, 11) is 0. The zero-order valence-electron chi connectivity index (χ0n) is 11.1. The van der Waals surface area contributed by atoms with Crippen LogP contribution in [0, 0.1) is 0 Å². The second-order valence-corrected chi connectivity index (χ2v) is 4.55. The molecule has 0 radical (unpaired) electrons. The molecule has 0 bridgehead atoms. The minimum Gasteiger partial charge on any atom is -0.345 e. The van der Waals surface area contributed by atoms with E-state index in [1.807, 2.05) is 49.5 Å². The van der Waals surface area contributed by atoms with Crippen LogP contribution >= 0.6 is 0 Å². The fraction of sp³-hybridized carbons (Fsp3) is 0.0588. The van der Waals surface area contributed by atoms with Gasteiger partial charge in [-0.05, 0) is 24.6 Å². The molecule has 1 aromatic carbocycles. The van der Waals surface area contributed by atoms with Gasteiger partial charge in [0.25, 0.3) is 0 Å². The fourth-order valence-corrected chi connectivity index (χ4v) is 2.24. The molecule has 1 N–H and O–H groups in total. The quantitative estimate of drug-likeness (QED) is 0.573. The van der Waals surface area contributed by atoms with Crippen molar-refractivity contribution in [3.8, 4) is 11.1 Å². The number of aromatic nitrogens is 2. The van der Waals surface area contributed by atoms with E-state index in [9.17, 15) is 4.79 Å². The Hall–Kier alpha value is -2.68. The number of benzene rings is 1. The van der Waals surface area contributed by atoms with Crippen LogP contribution in [0.25, 0.3) is 22.2 Å². The maximum Gasteiger partial charge on any atom is 0.187 e. The van der Waals surface area contributed by atoms with Gasteiger partial charge in [-0.2, -0.15) is 0 Å². The van der Waals surface area contributed by atoms with Gasteiger partial charge in [0, 0.05) is 28.9 Å². The van der Waals surface area contributed by atoms with E-state index >= 15 is 0 Å². The zero-order valence-corrected chi connectivity index (χ0v) is 11.1. The van der Waals surface area contributed by atoms with Crippen molar-refractivity contribution in [3.63, 3.8) is 0 Å². The predicted octanol–water partition coefficient (Wildman–Crippen LogP) is 3.99. The molecule has 0 amide bonds. The number of carbonyl (C=O) groups is 1. The molecule has 0 aliphatic heterocycles. The normalized spacial score (nSPS) is 11.2. The number of H-pyrrole nitrogens is 1. The lowest BCUT2D eigenvalue weighted by Crippen LogP contribution is -1.92. The van der Waals surface area contributed by atoms with Crippen molar-refractivity contribution in [2.45, 2.75) is 6.92 Å². The number of carbonyl (C=O) groups excluding carboxylic acids is 1. The number of hydrogen-bond donors (Lipinski definition) is 1. The van der Waals surface area contributed by atoms with Crippen molar-refractivity contribution >= 4 is 16.8 Å². The van der Waals surface area contributed by atoms with Crippen LogP contribution in [0.15, 0.2) is 60.9 Å². The molecule has 0 saturated carbocycles. The van der Waals surface area contributed by atoms with E-state index in [1.54, 1.807) is 18.3 Å². The highest BCUT2D eigenvalue weighted by molar-refractivity contribution is 6.13. The van der Waals surface area contributed by atoms with Crippen molar-refractivity contribution in [1.29, 1.82) is 0 Å². The van der Waals surface area contributed by atoms with E-state index in [-0.39, 0.29) is 5.78 Å². The number of nitrogens with one attached hydrogen (secondary N) is 1. The molecule has 2 aromatic heterocycles. The molecule has 3 heteroatoms. The van der Waals surface area contributed by atoms with Crippen molar-refractivity contribution in [2.75, 3.05) is 0 Å². The summed E-state index contributed by atoms with van der Waals surface area (Å²) in [5, 5.41) is 0.856. The summed E-state index contributed by atoms with van der Waals surface area (Å²) in [6.45, 7) is 1.83. The third kappa shape index (κ3) is 2.14. The molecule has 20 heavy (non-hydrogen) atoms. The fourth-order valence-electron chi connectivity index (χ4n) is 2.24. The molecule has 0 fully saturated rings. The number of aromatic amines is 1. The smallest absolute Gasteiger partial charge is 0.187 e. The summed E-state index contributed by atoms with van der Waals surface area (Å²) in [5.74, 6) is -0.00855. The highest BCUT2D eigenvalue weighted by atomic mass is 16.1. The van der Waals surface area contributed by atoms with Gasteiger partial charge >= 0.3 is 0 Å². The Bertz CT molecular complexity index is 785. The van der Waals surface area contributed by atoms with Gasteiger partial charge in [-0.3, -0.25) is 4.79 Å². The highest BCUT2D eigenvalue weighted by Gasteiger charge is 2.11. The Labute approximate surface area is 117 Å². The topological polar surface area (TPSA) is 45.8 Å². The SMILES string of the molecule is CC=CC(=O)c1c[nH]c2ncc(-c3ccccc3)cc12. The maximum atomic E-state index is 12.0. The summed E-state index contributed by atoms with van der Waals surface area (Å²) in [6, 6.07) is 12.0. The standard InChI is InChI=1S/C17H14N2O/c1-2-6-16(20)15-11-19-17-14(15)9-13(10-18-17)12-7-4-3-5-8-12/h2-11H,1H3,(H,18,19). The first-order chi connectivity index (χ1) is 9.79. The number of allylic oxidation sites excluding steroid dienone is 2. The minimum atomic E-state index is -0.00855. The number of pyridine rings is 1. The summed E-state index contributed by atoms with van der Waals surface area (Å²) in [6.07, 6.45) is 6.85. The van der Waals surface area contributed by atoms with Gasteiger partial charge < -0.3 is 4.98 Å². The largest absolute Gasteiger partial charge is 0.345 e. The van der Waals surface area contributed by atoms with E-state index < -0.39 is 0 Å². The van der Waals surface area contributed by atoms with Crippen LogP contribution in [0.3, 0.4) is 0 Å². The van der Waals surface area contributed by atoms with Crippen molar-refractivity contribution in [3.05, 3.63) is 66.5 Å². The lowest BCUT2D eigenvalue weighted by molar-refractivity contribution is 0.104. The van der Waals surface area contributed by atoms with Gasteiger partial charge in [0.2, 0.25) is 0 Å². The molecule has 98 valence electrons. The second-order valence-electron chi connectivity index (χ2n) is 4.55.